The minimum Gasteiger partial charge on any atom is -0.303 e. The van der Waals surface area contributed by atoms with Crippen molar-refractivity contribution in [3.05, 3.63) is 96.4 Å². The van der Waals surface area contributed by atoms with Gasteiger partial charge in [0.2, 0.25) is 0 Å². The molecule has 4 aromatic rings. The smallest absolute Gasteiger partial charge is 0.132 e. The Hall–Kier alpha value is -3.77. The second-order valence-electron chi connectivity index (χ2n) is 8.25. The van der Waals surface area contributed by atoms with Crippen LogP contribution in [-0.2, 0) is 0 Å². The minimum absolute atomic E-state index is 0.283. The van der Waals surface area contributed by atoms with E-state index in [0.717, 1.165) is 48.6 Å². The molecule has 5 rings (SSSR count). The molecule has 1 aliphatic heterocycles. The Bertz CT molecular complexity index is 1240. The van der Waals surface area contributed by atoms with E-state index in [1.54, 1.807) is 29.2 Å². The van der Waals surface area contributed by atoms with Crippen LogP contribution in [0, 0.1) is 5.82 Å². The summed E-state index contributed by atoms with van der Waals surface area (Å²) in [5, 5.41) is 11.3. The minimum atomic E-state index is -0.283. The predicted octanol–water partition coefficient (Wildman–Crippen LogP) is 4.93. The summed E-state index contributed by atoms with van der Waals surface area (Å²) < 4.78 is 16.6. The van der Waals surface area contributed by atoms with Crippen LogP contribution in [0.5, 0.6) is 0 Å². The number of piperazine rings is 1. The van der Waals surface area contributed by atoms with Crippen molar-refractivity contribution in [1.29, 1.82) is 0 Å². The van der Waals surface area contributed by atoms with E-state index in [4.69, 9.17) is 0 Å². The zero-order valence-electron chi connectivity index (χ0n) is 18.6. The van der Waals surface area contributed by atoms with E-state index in [2.05, 4.69) is 51.4 Å². The maximum Gasteiger partial charge on any atom is 0.132 e. The fraction of sp³-hybridized carbons (Fsp3) is 0.185. The van der Waals surface area contributed by atoms with E-state index in [9.17, 15) is 4.39 Å². The van der Waals surface area contributed by atoms with Gasteiger partial charge in [-0.15, -0.1) is 0 Å². The molecule has 0 atom stereocenters. The number of halogens is 1. The molecule has 1 fully saturated rings. The van der Waals surface area contributed by atoms with Crippen molar-refractivity contribution in [3.8, 4) is 28.1 Å². The molecular weight excluding hydrogens is 413 g/mol. The summed E-state index contributed by atoms with van der Waals surface area (Å²) in [5.74, 6) is -0.283. The lowest BCUT2D eigenvalue weighted by Gasteiger charge is -2.30. The lowest BCUT2D eigenvalue weighted by atomic mass is 10.0. The van der Waals surface area contributed by atoms with Gasteiger partial charge in [0.25, 0.3) is 0 Å². The van der Waals surface area contributed by atoms with Crippen LogP contribution in [0.25, 0.3) is 28.1 Å². The Morgan fingerprint density at radius 2 is 1.48 bits per heavy atom. The summed E-state index contributed by atoms with van der Waals surface area (Å²) >= 11 is 0. The SMILES string of the molecule is CN1CCN(N=Cc2cnn(-c3ccc(-c4ccccc4)cc3)c2-c2ccccc2F)CC1. The maximum absolute atomic E-state index is 14.9. The molecule has 0 radical (unpaired) electrons. The van der Waals surface area contributed by atoms with Gasteiger partial charge in [0, 0.05) is 37.3 Å². The number of nitrogens with zero attached hydrogens (tertiary/aromatic N) is 5. The third-order valence-electron chi connectivity index (χ3n) is 5.99. The number of rotatable bonds is 5. The summed E-state index contributed by atoms with van der Waals surface area (Å²) in [5.41, 5.74) is 5.12. The third-order valence-corrected chi connectivity index (χ3v) is 5.99. The molecule has 0 amide bonds. The van der Waals surface area contributed by atoms with E-state index >= 15 is 0 Å². The first-order valence-corrected chi connectivity index (χ1v) is 11.2. The molecule has 0 bridgehead atoms. The summed E-state index contributed by atoms with van der Waals surface area (Å²) in [4.78, 5) is 2.29. The molecule has 0 spiro atoms. The van der Waals surface area contributed by atoms with Gasteiger partial charge in [0.15, 0.2) is 0 Å². The van der Waals surface area contributed by atoms with Gasteiger partial charge in [-0.05, 0) is 42.4 Å². The summed E-state index contributed by atoms with van der Waals surface area (Å²) in [6.07, 6.45) is 3.56. The third kappa shape index (κ3) is 4.56. The van der Waals surface area contributed by atoms with Gasteiger partial charge in [-0.2, -0.15) is 10.2 Å². The van der Waals surface area contributed by atoms with Crippen LogP contribution in [0.2, 0.25) is 0 Å². The lowest BCUT2D eigenvalue weighted by Crippen LogP contribution is -2.41. The average molecular weight is 440 g/mol. The molecule has 1 aliphatic rings. The van der Waals surface area contributed by atoms with Crippen LogP contribution >= 0.6 is 0 Å². The van der Waals surface area contributed by atoms with Crippen molar-refractivity contribution in [2.45, 2.75) is 0 Å². The molecule has 0 N–H and O–H groups in total. The van der Waals surface area contributed by atoms with Crippen molar-refractivity contribution in [2.75, 3.05) is 33.2 Å². The van der Waals surface area contributed by atoms with Gasteiger partial charge in [-0.1, -0.05) is 54.6 Å². The predicted molar refractivity (Wildman–Crippen MR) is 131 cm³/mol. The second-order valence-corrected chi connectivity index (χ2v) is 8.25. The van der Waals surface area contributed by atoms with E-state index in [0.29, 0.717) is 11.3 Å². The van der Waals surface area contributed by atoms with Crippen LogP contribution in [0.1, 0.15) is 5.56 Å². The van der Waals surface area contributed by atoms with Gasteiger partial charge in [-0.3, -0.25) is 5.01 Å². The Balaban J connectivity index is 1.52. The molecule has 3 aromatic carbocycles. The van der Waals surface area contributed by atoms with Crippen molar-refractivity contribution in [2.24, 2.45) is 5.10 Å². The van der Waals surface area contributed by atoms with Crippen molar-refractivity contribution in [1.82, 2.24) is 19.7 Å². The molecule has 33 heavy (non-hydrogen) atoms. The highest BCUT2D eigenvalue weighted by Gasteiger charge is 2.18. The van der Waals surface area contributed by atoms with E-state index in [1.807, 2.05) is 36.4 Å². The number of hydrogen-bond donors (Lipinski definition) is 0. The quantitative estimate of drug-likeness (QED) is 0.414. The van der Waals surface area contributed by atoms with E-state index in [1.165, 1.54) is 6.07 Å². The number of likely N-dealkylation sites (N-methyl/N-ethyl adjacent to an activating group) is 1. The highest BCUT2D eigenvalue weighted by Crippen LogP contribution is 2.29. The zero-order chi connectivity index (χ0) is 22.6. The summed E-state index contributed by atoms with van der Waals surface area (Å²) in [6, 6.07) is 25.2. The molecule has 1 aromatic heterocycles. The van der Waals surface area contributed by atoms with E-state index < -0.39 is 0 Å². The van der Waals surface area contributed by atoms with Gasteiger partial charge in [0.05, 0.1) is 23.8 Å². The first-order valence-electron chi connectivity index (χ1n) is 11.2. The number of hydrazone groups is 1. The highest BCUT2D eigenvalue weighted by molar-refractivity contribution is 5.89. The molecular formula is C27H26FN5. The topological polar surface area (TPSA) is 36.7 Å². The second kappa shape index (κ2) is 9.38. The Labute approximate surface area is 193 Å². The molecule has 6 heteroatoms. The molecule has 5 nitrogen and oxygen atoms in total. The van der Waals surface area contributed by atoms with Gasteiger partial charge in [0.1, 0.15) is 5.82 Å². The average Bonchev–Trinajstić information content (AvgIpc) is 3.28. The van der Waals surface area contributed by atoms with Crippen LogP contribution in [0.3, 0.4) is 0 Å². The molecule has 0 saturated carbocycles. The standard InChI is InChI=1S/C27H26FN5/c1-31-15-17-32(18-16-31)29-19-23-20-30-33(27(23)25-9-5-6-10-26(25)28)24-13-11-22(12-14-24)21-7-3-2-4-8-21/h2-14,19-20H,15-18H2,1H3. The molecule has 0 aliphatic carbocycles. The molecule has 0 unspecified atom stereocenters. The first kappa shape index (κ1) is 21.1. The Morgan fingerprint density at radius 3 is 2.21 bits per heavy atom. The van der Waals surface area contributed by atoms with Crippen LogP contribution in [-0.4, -0.2) is 59.1 Å². The molecule has 1 saturated heterocycles. The molecule has 166 valence electrons. The lowest BCUT2D eigenvalue weighted by molar-refractivity contribution is 0.159. The van der Waals surface area contributed by atoms with Crippen LogP contribution in [0.15, 0.2) is 90.2 Å². The fourth-order valence-electron chi connectivity index (χ4n) is 4.06. The van der Waals surface area contributed by atoms with Crippen molar-refractivity contribution < 1.29 is 4.39 Å². The largest absolute Gasteiger partial charge is 0.303 e. The van der Waals surface area contributed by atoms with Crippen LogP contribution < -0.4 is 0 Å². The Kier molecular flexibility index (Phi) is 6.00. The highest BCUT2D eigenvalue weighted by atomic mass is 19.1. The number of benzene rings is 3. The summed E-state index contributed by atoms with van der Waals surface area (Å²) in [7, 11) is 2.12. The van der Waals surface area contributed by atoms with Crippen molar-refractivity contribution in [3.63, 3.8) is 0 Å². The van der Waals surface area contributed by atoms with Gasteiger partial charge >= 0.3 is 0 Å². The maximum atomic E-state index is 14.9. The summed E-state index contributed by atoms with van der Waals surface area (Å²) in [6.45, 7) is 3.70. The number of aromatic nitrogens is 2. The fourth-order valence-corrected chi connectivity index (χ4v) is 4.06. The Morgan fingerprint density at radius 1 is 0.818 bits per heavy atom. The van der Waals surface area contributed by atoms with Gasteiger partial charge in [-0.25, -0.2) is 9.07 Å². The van der Waals surface area contributed by atoms with E-state index in [-0.39, 0.29) is 5.82 Å². The monoisotopic (exact) mass is 439 g/mol. The normalized spacial score (nSPS) is 14.8. The first-order chi connectivity index (χ1) is 16.2. The zero-order valence-corrected chi connectivity index (χ0v) is 18.6. The number of hydrogen-bond acceptors (Lipinski definition) is 4. The van der Waals surface area contributed by atoms with Crippen LogP contribution in [0.4, 0.5) is 4.39 Å². The van der Waals surface area contributed by atoms with Crippen molar-refractivity contribution >= 4 is 6.21 Å². The molecule has 2 heterocycles. The van der Waals surface area contributed by atoms with Gasteiger partial charge < -0.3 is 4.90 Å².